The molecule has 3 aliphatic rings. The van der Waals surface area contributed by atoms with Gasteiger partial charge in [0.15, 0.2) is 0 Å². The van der Waals surface area contributed by atoms with Crippen molar-refractivity contribution < 1.29 is 14.3 Å². The number of urea groups is 1. The summed E-state index contributed by atoms with van der Waals surface area (Å²) in [6, 6.07) is 5.78. The molecule has 3 amide bonds. The SMILES string of the molecule is O=C(NC[C@@H]1CCCO1)Nc1ccc2c(c1)CN(C(=O)C1CC1)CC2. The fourth-order valence-corrected chi connectivity index (χ4v) is 3.60. The number of carbonyl (C=O) groups excluding carboxylic acids is 2. The Morgan fingerprint density at radius 1 is 1.20 bits per heavy atom. The summed E-state index contributed by atoms with van der Waals surface area (Å²) in [5.74, 6) is 0.546. The number of nitrogens with zero attached hydrogens (tertiary/aromatic N) is 1. The lowest BCUT2D eigenvalue weighted by Gasteiger charge is -2.29. The predicted octanol–water partition coefficient (Wildman–Crippen LogP) is 2.28. The zero-order valence-electron chi connectivity index (χ0n) is 14.4. The largest absolute Gasteiger partial charge is 0.376 e. The van der Waals surface area contributed by atoms with Crippen molar-refractivity contribution in [3.63, 3.8) is 0 Å². The first-order valence-electron chi connectivity index (χ1n) is 9.26. The summed E-state index contributed by atoms with van der Waals surface area (Å²) in [6.45, 7) is 2.78. The number of anilines is 1. The van der Waals surface area contributed by atoms with Crippen molar-refractivity contribution in [1.29, 1.82) is 0 Å². The Kier molecular flexibility index (Phi) is 4.61. The molecule has 0 radical (unpaired) electrons. The zero-order valence-corrected chi connectivity index (χ0v) is 14.4. The summed E-state index contributed by atoms with van der Waals surface area (Å²) < 4.78 is 5.51. The van der Waals surface area contributed by atoms with Crippen LogP contribution in [0.3, 0.4) is 0 Å². The third kappa shape index (κ3) is 3.95. The molecule has 1 saturated carbocycles. The Bertz CT molecular complexity index is 666. The highest BCUT2D eigenvalue weighted by atomic mass is 16.5. The van der Waals surface area contributed by atoms with Crippen LogP contribution in [0.25, 0.3) is 0 Å². The van der Waals surface area contributed by atoms with Crippen molar-refractivity contribution in [1.82, 2.24) is 10.2 Å². The van der Waals surface area contributed by atoms with Crippen LogP contribution in [0.1, 0.15) is 36.8 Å². The molecule has 2 heterocycles. The fourth-order valence-electron chi connectivity index (χ4n) is 3.60. The van der Waals surface area contributed by atoms with Crippen LogP contribution in [0.15, 0.2) is 18.2 Å². The van der Waals surface area contributed by atoms with Gasteiger partial charge in [0.05, 0.1) is 6.10 Å². The van der Waals surface area contributed by atoms with E-state index in [4.69, 9.17) is 4.74 Å². The highest BCUT2D eigenvalue weighted by molar-refractivity contribution is 5.89. The van der Waals surface area contributed by atoms with Crippen LogP contribution in [0.2, 0.25) is 0 Å². The molecule has 1 aromatic carbocycles. The van der Waals surface area contributed by atoms with Crippen LogP contribution in [-0.4, -0.2) is 42.6 Å². The van der Waals surface area contributed by atoms with Crippen LogP contribution in [0.5, 0.6) is 0 Å². The molecule has 2 aliphatic heterocycles. The summed E-state index contributed by atoms with van der Waals surface area (Å²) in [6.07, 6.45) is 5.16. The number of carbonyl (C=O) groups is 2. The predicted molar refractivity (Wildman–Crippen MR) is 94.3 cm³/mol. The number of hydrogen-bond acceptors (Lipinski definition) is 3. The standard InChI is InChI=1S/C19H25N3O3/c23-18(14-3-4-14)22-8-7-13-5-6-16(10-15(13)12-22)21-19(24)20-11-17-2-1-9-25-17/h5-6,10,14,17H,1-4,7-9,11-12H2,(H2,20,21,24)/t17-/m0/s1. The van der Waals surface area contributed by atoms with Gasteiger partial charge in [0.25, 0.3) is 0 Å². The summed E-state index contributed by atoms with van der Waals surface area (Å²) >= 11 is 0. The molecule has 1 atom stereocenters. The van der Waals surface area contributed by atoms with E-state index in [9.17, 15) is 9.59 Å². The lowest BCUT2D eigenvalue weighted by molar-refractivity contribution is -0.133. The molecule has 25 heavy (non-hydrogen) atoms. The van der Waals surface area contributed by atoms with Gasteiger partial charge in [-0.15, -0.1) is 0 Å². The molecular weight excluding hydrogens is 318 g/mol. The lowest BCUT2D eigenvalue weighted by Crippen LogP contribution is -2.37. The van der Waals surface area contributed by atoms with E-state index in [1.807, 2.05) is 17.0 Å². The third-order valence-corrected chi connectivity index (χ3v) is 5.23. The molecule has 0 unspecified atom stereocenters. The fraction of sp³-hybridized carbons (Fsp3) is 0.579. The monoisotopic (exact) mass is 343 g/mol. The number of amides is 3. The first-order chi connectivity index (χ1) is 12.2. The normalized spacial score (nSPS) is 22.4. The first-order valence-corrected chi connectivity index (χ1v) is 9.26. The number of rotatable bonds is 4. The van der Waals surface area contributed by atoms with Crippen LogP contribution in [0.4, 0.5) is 10.5 Å². The molecule has 1 aliphatic carbocycles. The van der Waals surface area contributed by atoms with Gasteiger partial charge in [-0.1, -0.05) is 6.07 Å². The van der Waals surface area contributed by atoms with Crippen molar-refractivity contribution in [2.45, 2.75) is 44.8 Å². The highest BCUT2D eigenvalue weighted by Crippen LogP contribution is 2.33. The van der Waals surface area contributed by atoms with Crippen molar-refractivity contribution >= 4 is 17.6 Å². The van der Waals surface area contributed by atoms with Crippen LogP contribution >= 0.6 is 0 Å². The Balaban J connectivity index is 1.34. The second-order valence-electron chi connectivity index (χ2n) is 7.24. The van der Waals surface area contributed by atoms with Gasteiger partial charge in [-0.2, -0.15) is 0 Å². The molecule has 6 heteroatoms. The van der Waals surface area contributed by atoms with E-state index in [1.165, 1.54) is 5.56 Å². The average Bonchev–Trinajstić information content (AvgIpc) is 3.34. The molecule has 6 nitrogen and oxygen atoms in total. The number of hydrogen-bond donors (Lipinski definition) is 2. The van der Waals surface area contributed by atoms with Gasteiger partial charge in [-0.3, -0.25) is 4.79 Å². The number of benzene rings is 1. The second-order valence-corrected chi connectivity index (χ2v) is 7.24. The summed E-state index contributed by atoms with van der Waals surface area (Å²) in [4.78, 5) is 26.3. The lowest BCUT2D eigenvalue weighted by atomic mass is 9.98. The minimum atomic E-state index is -0.211. The third-order valence-electron chi connectivity index (χ3n) is 5.23. The highest BCUT2D eigenvalue weighted by Gasteiger charge is 2.34. The van der Waals surface area contributed by atoms with Gasteiger partial charge in [0, 0.05) is 37.8 Å². The Morgan fingerprint density at radius 2 is 2.08 bits per heavy atom. The summed E-state index contributed by atoms with van der Waals surface area (Å²) in [5, 5.41) is 5.75. The van der Waals surface area contributed by atoms with Crippen LogP contribution in [0, 0.1) is 5.92 Å². The Hall–Kier alpha value is -2.08. The molecule has 0 spiro atoms. The van der Waals surface area contributed by atoms with Crippen LogP contribution < -0.4 is 10.6 Å². The van der Waals surface area contributed by atoms with E-state index in [2.05, 4.69) is 16.7 Å². The van der Waals surface area contributed by atoms with Gasteiger partial charge in [-0.25, -0.2) is 4.79 Å². The van der Waals surface area contributed by atoms with E-state index in [0.29, 0.717) is 19.0 Å². The Labute approximate surface area is 147 Å². The molecule has 1 saturated heterocycles. The van der Waals surface area contributed by atoms with Crippen molar-refractivity contribution in [3.8, 4) is 0 Å². The van der Waals surface area contributed by atoms with Gasteiger partial charge in [0.1, 0.15) is 0 Å². The van der Waals surface area contributed by atoms with Gasteiger partial charge < -0.3 is 20.3 Å². The van der Waals surface area contributed by atoms with Crippen molar-refractivity contribution in [2.75, 3.05) is 25.0 Å². The molecule has 2 fully saturated rings. The van der Waals surface area contributed by atoms with Gasteiger partial charge in [0.2, 0.25) is 5.91 Å². The number of ether oxygens (including phenoxy) is 1. The maximum Gasteiger partial charge on any atom is 0.319 e. The number of fused-ring (bicyclic) bond motifs is 1. The van der Waals surface area contributed by atoms with E-state index >= 15 is 0 Å². The molecule has 1 aromatic rings. The average molecular weight is 343 g/mol. The van der Waals surface area contributed by atoms with E-state index in [1.54, 1.807) is 0 Å². The Morgan fingerprint density at radius 3 is 2.84 bits per heavy atom. The molecule has 0 bridgehead atoms. The summed E-state index contributed by atoms with van der Waals surface area (Å²) in [5.41, 5.74) is 3.17. The minimum absolute atomic E-state index is 0.135. The minimum Gasteiger partial charge on any atom is -0.376 e. The smallest absolute Gasteiger partial charge is 0.319 e. The van der Waals surface area contributed by atoms with Gasteiger partial charge >= 0.3 is 6.03 Å². The molecule has 134 valence electrons. The molecule has 2 N–H and O–H groups in total. The van der Waals surface area contributed by atoms with Crippen LogP contribution in [-0.2, 0) is 22.5 Å². The van der Waals surface area contributed by atoms with E-state index in [-0.39, 0.29) is 18.1 Å². The maximum absolute atomic E-state index is 12.3. The zero-order chi connectivity index (χ0) is 17.2. The topological polar surface area (TPSA) is 70.7 Å². The van der Waals surface area contributed by atoms with Crippen molar-refractivity contribution in [3.05, 3.63) is 29.3 Å². The maximum atomic E-state index is 12.3. The van der Waals surface area contributed by atoms with E-state index in [0.717, 1.165) is 56.5 Å². The number of nitrogens with one attached hydrogen (secondary N) is 2. The molecule has 0 aromatic heterocycles. The second kappa shape index (κ2) is 7.04. The molecular formula is C19H25N3O3. The van der Waals surface area contributed by atoms with Gasteiger partial charge in [-0.05, 0) is 55.4 Å². The van der Waals surface area contributed by atoms with Crippen molar-refractivity contribution in [2.24, 2.45) is 5.92 Å². The molecule has 4 rings (SSSR count). The first kappa shape index (κ1) is 16.4. The van der Waals surface area contributed by atoms with E-state index < -0.39 is 0 Å². The quantitative estimate of drug-likeness (QED) is 0.881. The summed E-state index contributed by atoms with van der Waals surface area (Å²) in [7, 11) is 0.